The van der Waals surface area contributed by atoms with E-state index >= 15 is 0 Å². The van der Waals surface area contributed by atoms with Gasteiger partial charge in [0.1, 0.15) is 0 Å². The Kier molecular flexibility index (Phi) is 6.41. The monoisotopic (exact) mass is 261 g/mol. The van der Waals surface area contributed by atoms with Crippen LogP contribution in [0.25, 0.3) is 0 Å². The first-order chi connectivity index (χ1) is 9.15. The Labute approximate surface area is 113 Å². The zero-order chi connectivity index (χ0) is 14.1. The van der Waals surface area contributed by atoms with Gasteiger partial charge in [-0.05, 0) is 30.0 Å². The third-order valence-electron chi connectivity index (χ3n) is 2.74. The van der Waals surface area contributed by atoms with E-state index in [1.165, 1.54) is 0 Å². The number of nitrogens with zero attached hydrogens (tertiary/aromatic N) is 1. The molecule has 0 spiro atoms. The average Bonchev–Trinajstić information content (AvgIpc) is 2.43. The number of benzene rings is 1. The zero-order valence-electron chi connectivity index (χ0n) is 11.0. The molecule has 102 valence electrons. The number of amides is 2. The maximum Gasteiger partial charge on any atom is 0.315 e. The molecule has 0 saturated heterocycles. The molecule has 0 radical (unpaired) electrons. The second-order valence-corrected chi connectivity index (χ2v) is 4.49. The molecule has 0 aliphatic heterocycles. The molecule has 0 heterocycles. The van der Waals surface area contributed by atoms with E-state index in [4.69, 9.17) is 10.4 Å². The lowest BCUT2D eigenvalue weighted by Gasteiger charge is -2.12. The van der Waals surface area contributed by atoms with Gasteiger partial charge in [-0.15, -0.1) is 0 Å². The van der Waals surface area contributed by atoms with Gasteiger partial charge >= 0.3 is 6.03 Å². The Balaban J connectivity index is 2.32. The fraction of sp³-hybridized carbons (Fsp3) is 0.429. The molecule has 1 rings (SSSR count). The smallest absolute Gasteiger partial charge is 0.315 e. The van der Waals surface area contributed by atoms with Crippen molar-refractivity contribution in [1.82, 2.24) is 10.6 Å². The van der Waals surface area contributed by atoms with Crippen LogP contribution in [0.15, 0.2) is 24.3 Å². The van der Waals surface area contributed by atoms with Crippen LogP contribution in [-0.4, -0.2) is 24.3 Å². The van der Waals surface area contributed by atoms with E-state index < -0.39 is 0 Å². The number of urea groups is 1. The van der Waals surface area contributed by atoms with Crippen molar-refractivity contribution in [2.24, 2.45) is 5.92 Å². The van der Waals surface area contributed by atoms with E-state index in [1.807, 2.05) is 13.0 Å². The summed E-state index contributed by atoms with van der Waals surface area (Å²) in [5, 5.41) is 23.0. The predicted molar refractivity (Wildman–Crippen MR) is 72.3 cm³/mol. The molecule has 0 saturated carbocycles. The molecule has 0 fully saturated rings. The molecule has 19 heavy (non-hydrogen) atoms. The quantitative estimate of drug-likeness (QED) is 0.723. The molecule has 1 unspecified atom stereocenters. The van der Waals surface area contributed by atoms with Crippen LogP contribution in [0.1, 0.15) is 24.5 Å². The first kappa shape index (κ1) is 15.0. The number of rotatable bonds is 6. The van der Waals surface area contributed by atoms with Crippen LogP contribution in [0.5, 0.6) is 0 Å². The molecule has 5 nitrogen and oxygen atoms in total. The van der Waals surface area contributed by atoms with Gasteiger partial charge in [-0.1, -0.05) is 19.1 Å². The van der Waals surface area contributed by atoms with Gasteiger partial charge < -0.3 is 15.7 Å². The number of nitriles is 1. The topological polar surface area (TPSA) is 85.2 Å². The number of aliphatic hydroxyl groups excluding tert-OH is 1. The summed E-state index contributed by atoms with van der Waals surface area (Å²) >= 11 is 0. The fourth-order valence-electron chi connectivity index (χ4n) is 1.59. The van der Waals surface area contributed by atoms with Crippen LogP contribution in [0, 0.1) is 17.2 Å². The van der Waals surface area contributed by atoms with Crippen molar-refractivity contribution < 1.29 is 9.90 Å². The number of carbonyl (C=O) groups excluding carboxylic acids is 1. The Morgan fingerprint density at radius 2 is 2.26 bits per heavy atom. The Bertz CT molecular complexity index is 454. The highest BCUT2D eigenvalue weighted by atomic mass is 16.3. The fourth-order valence-corrected chi connectivity index (χ4v) is 1.59. The van der Waals surface area contributed by atoms with Gasteiger partial charge in [-0.2, -0.15) is 5.26 Å². The zero-order valence-corrected chi connectivity index (χ0v) is 11.0. The summed E-state index contributed by atoms with van der Waals surface area (Å²) in [7, 11) is 0. The van der Waals surface area contributed by atoms with Crippen molar-refractivity contribution in [1.29, 1.82) is 5.26 Å². The number of nitrogens with one attached hydrogen (secondary N) is 2. The molecule has 0 aliphatic rings. The summed E-state index contributed by atoms with van der Waals surface area (Å²) in [5.74, 6) is 0.248. The van der Waals surface area contributed by atoms with Crippen LogP contribution in [0.2, 0.25) is 0 Å². The molecule has 1 atom stereocenters. The van der Waals surface area contributed by atoms with Crippen molar-refractivity contribution in [3.05, 3.63) is 35.4 Å². The Morgan fingerprint density at radius 3 is 2.95 bits per heavy atom. The molecule has 0 bridgehead atoms. The highest BCUT2D eigenvalue weighted by Gasteiger charge is 2.04. The molecule has 0 aromatic heterocycles. The van der Waals surface area contributed by atoms with Crippen molar-refractivity contribution in [3.8, 4) is 6.07 Å². The first-order valence-corrected chi connectivity index (χ1v) is 6.27. The first-order valence-electron chi connectivity index (χ1n) is 6.27. The highest BCUT2D eigenvalue weighted by Crippen LogP contribution is 2.03. The SMILES string of the molecule is CC(CCO)CNC(=O)NCc1cccc(C#N)c1. The van der Waals surface area contributed by atoms with Crippen LogP contribution in [0.4, 0.5) is 4.79 Å². The van der Waals surface area contributed by atoms with E-state index in [0.29, 0.717) is 25.1 Å². The summed E-state index contributed by atoms with van der Waals surface area (Å²) in [6, 6.07) is 8.93. The molecule has 2 amide bonds. The normalized spacial score (nSPS) is 11.4. The van der Waals surface area contributed by atoms with Crippen molar-refractivity contribution in [2.45, 2.75) is 19.9 Å². The molecular formula is C14H19N3O2. The third kappa shape index (κ3) is 5.89. The standard InChI is InChI=1S/C14H19N3O2/c1-11(5-6-18)9-16-14(19)17-10-13-4-2-3-12(7-13)8-15/h2-4,7,11,18H,5-6,9-10H2,1H3,(H2,16,17,19). The van der Waals surface area contributed by atoms with Crippen molar-refractivity contribution in [3.63, 3.8) is 0 Å². The molecule has 3 N–H and O–H groups in total. The van der Waals surface area contributed by atoms with Crippen LogP contribution in [-0.2, 0) is 6.54 Å². The molecule has 0 aliphatic carbocycles. The van der Waals surface area contributed by atoms with Crippen LogP contribution < -0.4 is 10.6 Å². The van der Waals surface area contributed by atoms with E-state index in [2.05, 4.69) is 16.7 Å². The molecule has 5 heteroatoms. The highest BCUT2D eigenvalue weighted by molar-refractivity contribution is 5.73. The van der Waals surface area contributed by atoms with Crippen LogP contribution >= 0.6 is 0 Å². The van der Waals surface area contributed by atoms with E-state index in [1.54, 1.807) is 18.2 Å². The van der Waals surface area contributed by atoms with Gasteiger partial charge in [0.2, 0.25) is 0 Å². The van der Waals surface area contributed by atoms with Gasteiger partial charge in [0.05, 0.1) is 11.6 Å². The summed E-state index contributed by atoms with van der Waals surface area (Å²) in [6.45, 7) is 3.01. The number of carbonyl (C=O) groups is 1. The van der Waals surface area contributed by atoms with E-state index in [-0.39, 0.29) is 18.6 Å². The minimum atomic E-state index is -0.243. The summed E-state index contributed by atoms with van der Waals surface area (Å²) in [5.41, 5.74) is 1.47. The summed E-state index contributed by atoms with van der Waals surface area (Å²) in [4.78, 5) is 11.5. The van der Waals surface area contributed by atoms with Gasteiger partial charge in [0, 0.05) is 19.7 Å². The number of aliphatic hydroxyl groups is 1. The number of hydrogen-bond acceptors (Lipinski definition) is 3. The molecular weight excluding hydrogens is 242 g/mol. The van der Waals surface area contributed by atoms with Gasteiger partial charge in [0.15, 0.2) is 0 Å². The second kappa shape index (κ2) is 8.11. The lowest BCUT2D eigenvalue weighted by molar-refractivity contribution is 0.233. The Hall–Kier alpha value is -2.06. The van der Waals surface area contributed by atoms with Crippen molar-refractivity contribution in [2.75, 3.05) is 13.2 Å². The maximum absolute atomic E-state index is 11.5. The van der Waals surface area contributed by atoms with E-state index in [9.17, 15) is 4.79 Å². The third-order valence-corrected chi connectivity index (χ3v) is 2.74. The Morgan fingerprint density at radius 1 is 1.47 bits per heavy atom. The van der Waals surface area contributed by atoms with Crippen molar-refractivity contribution >= 4 is 6.03 Å². The largest absolute Gasteiger partial charge is 0.396 e. The maximum atomic E-state index is 11.5. The lowest BCUT2D eigenvalue weighted by atomic mass is 10.1. The minimum absolute atomic E-state index is 0.130. The van der Waals surface area contributed by atoms with Gasteiger partial charge in [0.25, 0.3) is 0 Å². The second-order valence-electron chi connectivity index (χ2n) is 4.49. The molecule has 1 aromatic carbocycles. The predicted octanol–water partition coefficient (Wildman–Crippen LogP) is 1.38. The average molecular weight is 261 g/mol. The van der Waals surface area contributed by atoms with Gasteiger partial charge in [-0.3, -0.25) is 0 Å². The van der Waals surface area contributed by atoms with Gasteiger partial charge in [-0.25, -0.2) is 4.79 Å². The van der Waals surface area contributed by atoms with Crippen LogP contribution in [0.3, 0.4) is 0 Å². The summed E-state index contributed by atoms with van der Waals surface area (Å²) in [6.07, 6.45) is 0.671. The summed E-state index contributed by atoms with van der Waals surface area (Å²) < 4.78 is 0. The van der Waals surface area contributed by atoms with E-state index in [0.717, 1.165) is 5.56 Å². The number of hydrogen-bond donors (Lipinski definition) is 3. The minimum Gasteiger partial charge on any atom is -0.396 e. The lowest BCUT2D eigenvalue weighted by Crippen LogP contribution is -2.37. The molecule has 1 aromatic rings.